The van der Waals surface area contributed by atoms with Gasteiger partial charge in [0.2, 0.25) is 0 Å². The van der Waals surface area contributed by atoms with Crippen LogP contribution in [-0.2, 0) is 4.74 Å². The highest BCUT2D eigenvalue weighted by atomic mass is 19.1. The molecule has 0 spiro atoms. The van der Waals surface area contributed by atoms with Crippen LogP contribution < -0.4 is 5.84 Å². The lowest BCUT2D eigenvalue weighted by atomic mass is 10.1. The van der Waals surface area contributed by atoms with E-state index in [-0.39, 0.29) is 11.5 Å². The lowest BCUT2D eigenvalue weighted by Crippen LogP contribution is -2.19. The number of halogens is 1. The number of esters is 1. The fourth-order valence-electron chi connectivity index (χ4n) is 2.32. The summed E-state index contributed by atoms with van der Waals surface area (Å²) in [5.74, 6) is 5.45. The molecule has 0 bridgehead atoms. The summed E-state index contributed by atoms with van der Waals surface area (Å²) in [5.41, 5.74) is 1.89. The van der Waals surface area contributed by atoms with Crippen molar-refractivity contribution in [2.45, 2.75) is 0 Å². The summed E-state index contributed by atoms with van der Waals surface area (Å²) in [6.07, 6.45) is 0. The van der Waals surface area contributed by atoms with Crippen LogP contribution in [0.2, 0.25) is 0 Å². The maximum absolute atomic E-state index is 13.1. The Balaban J connectivity index is 2.22. The van der Waals surface area contributed by atoms with Gasteiger partial charge in [0, 0.05) is 11.1 Å². The summed E-state index contributed by atoms with van der Waals surface area (Å²) in [6, 6.07) is 14.9. The molecule has 1 heterocycles. The van der Waals surface area contributed by atoms with Crippen molar-refractivity contribution in [3.63, 3.8) is 0 Å². The van der Waals surface area contributed by atoms with Crippen LogP contribution in [0.3, 0.4) is 0 Å². The number of hydrogen-bond acceptors (Lipinski definition) is 4. The molecule has 6 heteroatoms. The molecule has 5 nitrogen and oxygen atoms in total. The molecule has 0 unspecified atom stereocenters. The lowest BCUT2D eigenvalue weighted by Gasteiger charge is -2.05. The van der Waals surface area contributed by atoms with E-state index in [2.05, 4.69) is 4.98 Å². The van der Waals surface area contributed by atoms with Crippen LogP contribution in [0, 0.1) is 5.82 Å². The first-order valence-electron chi connectivity index (χ1n) is 6.89. The molecule has 0 fully saturated rings. The Hall–Kier alpha value is -3.15. The number of hydrogen-bond donors (Lipinski definition) is 1. The number of benzene rings is 2. The van der Waals surface area contributed by atoms with Crippen LogP contribution in [0.5, 0.6) is 0 Å². The zero-order valence-electron chi connectivity index (χ0n) is 12.4. The van der Waals surface area contributed by atoms with Crippen LogP contribution in [-0.4, -0.2) is 22.7 Å². The molecule has 2 N–H and O–H groups in total. The van der Waals surface area contributed by atoms with Crippen molar-refractivity contribution >= 4 is 5.97 Å². The normalized spacial score (nSPS) is 10.5. The zero-order valence-corrected chi connectivity index (χ0v) is 12.4. The SMILES string of the molecule is COC(=O)c1c(-c2ccccc2)nc(-c2ccc(F)cc2)n1N. The highest BCUT2D eigenvalue weighted by Gasteiger charge is 2.24. The molecule has 0 saturated carbocycles. The van der Waals surface area contributed by atoms with Crippen molar-refractivity contribution in [3.8, 4) is 22.6 Å². The van der Waals surface area contributed by atoms with Crippen LogP contribution in [0.25, 0.3) is 22.6 Å². The topological polar surface area (TPSA) is 70.1 Å². The van der Waals surface area contributed by atoms with Crippen molar-refractivity contribution in [2.75, 3.05) is 13.0 Å². The van der Waals surface area contributed by atoms with E-state index in [4.69, 9.17) is 10.6 Å². The Morgan fingerprint density at radius 2 is 1.74 bits per heavy atom. The molecule has 0 radical (unpaired) electrons. The average molecular weight is 311 g/mol. The number of nitrogen functional groups attached to an aromatic ring is 1. The minimum atomic E-state index is -0.591. The molecule has 0 atom stereocenters. The van der Waals surface area contributed by atoms with Gasteiger partial charge < -0.3 is 10.6 Å². The first kappa shape index (κ1) is 14.8. The number of rotatable bonds is 3. The fraction of sp³-hybridized carbons (Fsp3) is 0.0588. The summed E-state index contributed by atoms with van der Waals surface area (Å²) in [5, 5.41) is 0. The minimum absolute atomic E-state index is 0.137. The molecule has 116 valence electrons. The van der Waals surface area contributed by atoms with Gasteiger partial charge in [0.15, 0.2) is 11.5 Å². The number of ether oxygens (including phenoxy) is 1. The predicted octanol–water partition coefficient (Wildman–Crippen LogP) is 2.86. The van der Waals surface area contributed by atoms with E-state index in [1.807, 2.05) is 30.3 Å². The van der Waals surface area contributed by atoms with E-state index in [9.17, 15) is 9.18 Å². The Morgan fingerprint density at radius 1 is 1.09 bits per heavy atom. The Labute approximate surface area is 132 Å². The Bertz CT molecular complexity index is 842. The molecule has 1 aromatic heterocycles. The molecule has 0 saturated heterocycles. The number of imidazole rings is 1. The number of nitrogens with two attached hydrogens (primary N) is 1. The largest absolute Gasteiger partial charge is 0.464 e. The van der Waals surface area contributed by atoms with E-state index < -0.39 is 5.97 Å². The standard InChI is InChI=1S/C17H14FN3O2/c1-23-17(22)15-14(11-5-3-2-4-6-11)20-16(21(15)19)12-7-9-13(18)10-8-12/h2-10H,19H2,1H3. The molecule has 0 amide bonds. The maximum Gasteiger partial charge on any atom is 0.358 e. The number of nitrogens with zero attached hydrogens (tertiary/aromatic N) is 2. The molecule has 3 aromatic rings. The van der Waals surface area contributed by atoms with Gasteiger partial charge in [0.25, 0.3) is 0 Å². The second-order valence-corrected chi connectivity index (χ2v) is 4.87. The van der Waals surface area contributed by atoms with Crippen LogP contribution in [0.4, 0.5) is 4.39 Å². The molecule has 23 heavy (non-hydrogen) atoms. The highest BCUT2D eigenvalue weighted by molar-refractivity contribution is 5.95. The molecule has 0 aliphatic heterocycles. The summed E-state index contributed by atoms with van der Waals surface area (Å²) in [6.45, 7) is 0. The van der Waals surface area contributed by atoms with Gasteiger partial charge >= 0.3 is 5.97 Å². The second-order valence-electron chi connectivity index (χ2n) is 4.87. The number of carbonyl (C=O) groups is 1. The van der Waals surface area contributed by atoms with Gasteiger partial charge in [-0.3, -0.25) is 0 Å². The smallest absolute Gasteiger partial charge is 0.358 e. The molecule has 3 rings (SSSR count). The van der Waals surface area contributed by atoms with Crippen LogP contribution >= 0.6 is 0 Å². The lowest BCUT2D eigenvalue weighted by molar-refractivity contribution is 0.0592. The zero-order chi connectivity index (χ0) is 16.4. The van der Waals surface area contributed by atoms with Crippen LogP contribution in [0.1, 0.15) is 10.5 Å². The van der Waals surface area contributed by atoms with Gasteiger partial charge in [-0.05, 0) is 24.3 Å². The first-order valence-corrected chi connectivity index (χ1v) is 6.89. The maximum atomic E-state index is 13.1. The van der Waals surface area contributed by atoms with E-state index in [1.54, 1.807) is 12.1 Å². The summed E-state index contributed by atoms with van der Waals surface area (Å²) < 4.78 is 19.1. The molecule has 0 aliphatic rings. The fourth-order valence-corrected chi connectivity index (χ4v) is 2.32. The van der Waals surface area contributed by atoms with Crippen molar-refractivity contribution in [2.24, 2.45) is 0 Å². The van der Waals surface area contributed by atoms with E-state index in [0.29, 0.717) is 17.1 Å². The third-order valence-corrected chi connectivity index (χ3v) is 3.44. The van der Waals surface area contributed by atoms with Crippen molar-refractivity contribution in [3.05, 3.63) is 66.1 Å². The number of aromatic nitrogens is 2. The third kappa shape index (κ3) is 2.66. The van der Waals surface area contributed by atoms with Crippen LogP contribution in [0.15, 0.2) is 54.6 Å². The minimum Gasteiger partial charge on any atom is -0.464 e. The Morgan fingerprint density at radius 3 is 2.35 bits per heavy atom. The number of carbonyl (C=O) groups excluding carboxylic acids is 1. The van der Waals surface area contributed by atoms with E-state index in [0.717, 1.165) is 5.56 Å². The summed E-state index contributed by atoms with van der Waals surface area (Å²) in [7, 11) is 1.28. The van der Waals surface area contributed by atoms with Gasteiger partial charge in [-0.2, -0.15) is 0 Å². The van der Waals surface area contributed by atoms with Crippen molar-refractivity contribution in [1.29, 1.82) is 0 Å². The molecule has 0 aliphatic carbocycles. The molecular weight excluding hydrogens is 297 g/mol. The van der Waals surface area contributed by atoms with Crippen molar-refractivity contribution in [1.82, 2.24) is 9.66 Å². The van der Waals surface area contributed by atoms with Gasteiger partial charge in [-0.15, -0.1) is 0 Å². The Kier molecular flexibility index (Phi) is 3.80. The first-order chi connectivity index (χ1) is 11.1. The van der Waals surface area contributed by atoms with E-state index >= 15 is 0 Å². The third-order valence-electron chi connectivity index (χ3n) is 3.44. The van der Waals surface area contributed by atoms with Gasteiger partial charge in [-0.25, -0.2) is 18.8 Å². The molecular formula is C17H14FN3O2. The monoisotopic (exact) mass is 311 g/mol. The summed E-state index contributed by atoms with van der Waals surface area (Å²) >= 11 is 0. The second kappa shape index (κ2) is 5.92. The summed E-state index contributed by atoms with van der Waals surface area (Å²) in [4.78, 5) is 16.6. The van der Waals surface area contributed by atoms with Gasteiger partial charge in [-0.1, -0.05) is 30.3 Å². The van der Waals surface area contributed by atoms with E-state index in [1.165, 1.54) is 23.9 Å². The highest BCUT2D eigenvalue weighted by Crippen LogP contribution is 2.28. The van der Waals surface area contributed by atoms with Gasteiger partial charge in [0.1, 0.15) is 11.5 Å². The molecule has 2 aromatic carbocycles. The quantitative estimate of drug-likeness (QED) is 0.596. The predicted molar refractivity (Wildman–Crippen MR) is 84.5 cm³/mol. The average Bonchev–Trinajstić information content (AvgIpc) is 2.93. The van der Waals surface area contributed by atoms with Crippen molar-refractivity contribution < 1.29 is 13.9 Å². The number of methoxy groups -OCH3 is 1. The van der Waals surface area contributed by atoms with Gasteiger partial charge in [0.05, 0.1) is 7.11 Å².